The van der Waals surface area contributed by atoms with Crippen LogP contribution in [0.15, 0.2) is 66.7 Å². The van der Waals surface area contributed by atoms with Gasteiger partial charge in [-0.1, -0.05) is 47.5 Å². The van der Waals surface area contributed by atoms with E-state index in [4.69, 9.17) is 38.3 Å². The molecule has 1 heterocycles. The number of carbonyl (C=O) groups is 1. The van der Waals surface area contributed by atoms with E-state index in [2.05, 4.69) is 11.0 Å². The summed E-state index contributed by atoms with van der Waals surface area (Å²) in [5.74, 6) is 0.624. The number of hydrogen-bond acceptors (Lipinski definition) is 5. The van der Waals surface area contributed by atoms with Gasteiger partial charge in [0.1, 0.15) is 12.4 Å². The first-order valence-electron chi connectivity index (χ1n) is 11.3. The average molecular weight is 510 g/mol. The Bertz CT molecular complexity index is 1210. The van der Waals surface area contributed by atoms with Crippen molar-refractivity contribution in [3.8, 4) is 11.8 Å². The Kier molecular flexibility index (Phi) is 8.14. The average Bonchev–Trinajstić information content (AvgIpc) is 2.88. The molecule has 0 spiro atoms. The zero-order chi connectivity index (χ0) is 24.8. The molecule has 0 aromatic heterocycles. The molecule has 180 valence electrons. The molecule has 1 atom stereocenters. The van der Waals surface area contributed by atoms with Crippen LogP contribution in [0.25, 0.3) is 0 Å². The summed E-state index contributed by atoms with van der Waals surface area (Å²) in [6.07, 6.45) is 0.274. The van der Waals surface area contributed by atoms with Gasteiger partial charge in [-0.25, -0.2) is 0 Å². The minimum atomic E-state index is -0.118. The molecule has 0 aliphatic carbocycles. The van der Waals surface area contributed by atoms with Gasteiger partial charge in [0.15, 0.2) is 0 Å². The molecule has 3 aromatic rings. The van der Waals surface area contributed by atoms with Crippen LogP contribution < -0.4 is 9.64 Å². The van der Waals surface area contributed by atoms with Crippen molar-refractivity contribution >= 4 is 34.8 Å². The van der Waals surface area contributed by atoms with Crippen molar-refractivity contribution in [2.75, 3.05) is 37.7 Å². The van der Waals surface area contributed by atoms with E-state index in [9.17, 15) is 4.79 Å². The van der Waals surface area contributed by atoms with Gasteiger partial charge in [-0.05, 0) is 47.5 Å². The Morgan fingerprint density at radius 1 is 1.06 bits per heavy atom. The van der Waals surface area contributed by atoms with Crippen LogP contribution in [0, 0.1) is 11.3 Å². The Morgan fingerprint density at radius 3 is 2.46 bits per heavy atom. The topological polar surface area (TPSA) is 76.8 Å². The number of piperazine rings is 1. The maximum absolute atomic E-state index is 13.2. The van der Waals surface area contributed by atoms with Crippen LogP contribution in [0.3, 0.4) is 0 Å². The van der Waals surface area contributed by atoms with Crippen molar-refractivity contribution in [1.82, 2.24) is 4.90 Å². The van der Waals surface area contributed by atoms with Gasteiger partial charge in [-0.15, -0.1) is 0 Å². The maximum atomic E-state index is 13.2. The molecule has 1 N–H and O–H groups in total. The minimum absolute atomic E-state index is 0.0344. The highest BCUT2D eigenvalue weighted by molar-refractivity contribution is 6.33. The van der Waals surface area contributed by atoms with Crippen molar-refractivity contribution in [3.05, 3.63) is 93.5 Å². The number of ether oxygens (including phenoxy) is 1. The van der Waals surface area contributed by atoms with E-state index in [-0.39, 0.29) is 31.6 Å². The van der Waals surface area contributed by atoms with Crippen LogP contribution in [-0.4, -0.2) is 48.8 Å². The summed E-state index contributed by atoms with van der Waals surface area (Å²) in [6.45, 7) is 1.77. The zero-order valence-electron chi connectivity index (χ0n) is 19.0. The van der Waals surface area contributed by atoms with Crippen molar-refractivity contribution in [2.45, 2.75) is 12.5 Å². The minimum Gasteiger partial charge on any atom is -0.491 e. The van der Waals surface area contributed by atoms with Gasteiger partial charge in [0.05, 0.1) is 41.4 Å². The largest absolute Gasteiger partial charge is 0.491 e. The summed E-state index contributed by atoms with van der Waals surface area (Å²) in [5.41, 5.74) is 3.33. The predicted octanol–water partition coefficient (Wildman–Crippen LogP) is 4.87. The highest BCUT2D eigenvalue weighted by Gasteiger charge is 2.32. The molecule has 1 aliphatic heterocycles. The standard InChI is InChI=1S/C27H25Cl2N3O3/c28-22-7-5-21(6-8-22)26-18-31(27(34)15-19-1-3-20(17-30)4-2-19)11-12-32(26)25-10-9-23(16-24(25)29)35-14-13-33/h1-10,16,26,33H,11-15,18H2/t26-/m0/s1. The SMILES string of the molecule is N#Cc1ccc(CC(=O)N2CCN(c3ccc(OCCO)cc3Cl)[C@H](c3ccc(Cl)cc3)C2)cc1. The molecule has 0 saturated carbocycles. The lowest BCUT2D eigenvalue weighted by molar-refractivity contribution is -0.131. The molecule has 1 amide bonds. The Morgan fingerprint density at radius 2 is 1.80 bits per heavy atom. The third-order valence-electron chi connectivity index (χ3n) is 6.01. The second-order valence-electron chi connectivity index (χ2n) is 8.27. The normalized spacial score (nSPS) is 15.5. The maximum Gasteiger partial charge on any atom is 0.227 e. The van der Waals surface area contributed by atoms with E-state index in [1.807, 2.05) is 53.4 Å². The third kappa shape index (κ3) is 6.07. The molecule has 1 aliphatic rings. The number of anilines is 1. The van der Waals surface area contributed by atoms with Gasteiger partial charge in [0, 0.05) is 30.7 Å². The molecule has 0 radical (unpaired) electrons. The van der Waals surface area contributed by atoms with Crippen molar-refractivity contribution < 1.29 is 14.6 Å². The lowest BCUT2D eigenvalue weighted by Crippen LogP contribution is -2.51. The van der Waals surface area contributed by atoms with E-state index >= 15 is 0 Å². The Hall–Kier alpha value is -3.24. The number of aliphatic hydroxyl groups is 1. The van der Waals surface area contributed by atoms with Crippen LogP contribution in [-0.2, 0) is 11.2 Å². The number of amides is 1. The van der Waals surface area contributed by atoms with Gasteiger partial charge in [-0.2, -0.15) is 5.26 Å². The van der Waals surface area contributed by atoms with Crippen molar-refractivity contribution in [2.24, 2.45) is 0 Å². The fourth-order valence-electron chi connectivity index (χ4n) is 4.23. The Balaban J connectivity index is 1.56. The first kappa shape index (κ1) is 24.9. The second-order valence-corrected chi connectivity index (χ2v) is 9.11. The first-order chi connectivity index (χ1) is 17.0. The van der Waals surface area contributed by atoms with E-state index in [1.54, 1.807) is 18.2 Å². The van der Waals surface area contributed by atoms with E-state index in [0.717, 1.165) is 16.8 Å². The van der Waals surface area contributed by atoms with Crippen LogP contribution in [0.2, 0.25) is 10.0 Å². The van der Waals surface area contributed by atoms with Gasteiger partial charge in [-0.3, -0.25) is 4.79 Å². The van der Waals surface area contributed by atoms with Gasteiger partial charge in [0.2, 0.25) is 5.91 Å². The smallest absolute Gasteiger partial charge is 0.227 e. The van der Waals surface area contributed by atoms with Crippen LogP contribution in [0.4, 0.5) is 5.69 Å². The lowest BCUT2D eigenvalue weighted by atomic mass is 10.0. The monoisotopic (exact) mass is 509 g/mol. The number of rotatable bonds is 7. The summed E-state index contributed by atoms with van der Waals surface area (Å²) < 4.78 is 5.48. The second kappa shape index (κ2) is 11.5. The molecule has 6 nitrogen and oxygen atoms in total. The quantitative estimate of drug-likeness (QED) is 0.491. The molecule has 4 rings (SSSR count). The van der Waals surface area contributed by atoms with Crippen LogP contribution in [0.5, 0.6) is 5.75 Å². The summed E-state index contributed by atoms with van der Waals surface area (Å²) in [7, 11) is 0. The number of halogens is 2. The van der Waals surface area contributed by atoms with Crippen LogP contribution in [0.1, 0.15) is 22.7 Å². The highest BCUT2D eigenvalue weighted by Crippen LogP contribution is 2.37. The summed E-state index contributed by atoms with van der Waals surface area (Å²) in [6, 6.07) is 22.2. The summed E-state index contributed by atoms with van der Waals surface area (Å²) in [4.78, 5) is 17.2. The van der Waals surface area contributed by atoms with Crippen LogP contribution >= 0.6 is 23.2 Å². The fourth-order valence-corrected chi connectivity index (χ4v) is 4.63. The molecule has 3 aromatic carbocycles. The molecular weight excluding hydrogens is 485 g/mol. The van der Waals surface area contributed by atoms with E-state index in [1.165, 1.54) is 0 Å². The zero-order valence-corrected chi connectivity index (χ0v) is 20.5. The number of benzene rings is 3. The van der Waals surface area contributed by atoms with Gasteiger partial charge in [0.25, 0.3) is 0 Å². The molecule has 0 bridgehead atoms. The number of aliphatic hydroxyl groups excluding tert-OH is 1. The van der Waals surface area contributed by atoms with Gasteiger partial charge < -0.3 is 19.6 Å². The molecule has 1 fully saturated rings. The van der Waals surface area contributed by atoms with Crippen molar-refractivity contribution in [1.29, 1.82) is 5.26 Å². The number of carbonyl (C=O) groups excluding carboxylic acids is 1. The summed E-state index contributed by atoms with van der Waals surface area (Å²) >= 11 is 12.8. The molecule has 8 heteroatoms. The lowest BCUT2D eigenvalue weighted by Gasteiger charge is -2.43. The number of nitriles is 1. The summed E-state index contributed by atoms with van der Waals surface area (Å²) in [5, 5.41) is 19.2. The third-order valence-corrected chi connectivity index (χ3v) is 6.57. The molecule has 0 unspecified atom stereocenters. The molecule has 35 heavy (non-hydrogen) atoms. The molecular formula is C27H25Cl2N3O3. The number of hydrogen-bond donors (Lipinski definition) is 1. The van der Waals surface area contributed by atoms with Crippen molar-refractivity contribution in [3.63, 3.8) is 0 Å². The van der Waals surface area contributed by atoms with Gasteiger partial charge >= 0.3 is 0 Å². The Labute approximate surface area is 214 Å². The number of nitrogens with zero attached hydrogens (tertiary/aromatic N) is 3. The highest BCUT2D eigenvalue weighted by atomic mass is 35.5. The van der Waals surface area contributed by atoms with E-state index in [0.29, 0.717) is 41.0 Å². The van der Waals surface area contributed by atoms with E-state index < -0.39 is 0 Å². The molecule has 1 saturated heterocycles. The first-order valence-corrected chi connectivity index (χ1v) is 12.1. The predicted molar refractivity (Wildman–Crippen MR) is 137 cm³/mol. The fraction of sp³-hybridized carbons (Fsp3) is 0.259.